The summed E-state index contributed by atoms with van der Waals surface area (Å²) in [7, 11) is 0. The average molecular weight is 639 g/mol. The van der Waals surface area contributed by atoms with Gasteiger partial charge in [-0.15, -0.1) is 0 Å². The van der Waals surface area contributed by atoms with Gasteiger partial charge in [-0.3, -0.25) is 23.9 Å². The number of hydrogen-bond acceptors (Lipinski definition) is 9. The number of carboxylic acid groups (broad SMARTS) is 1. The Bertz CT molecular complexity index is 1540. The number of nitriles is 1. The van der Waals surface area contributed by atoms with Gasteiger partial charge in [-0.2, -0.15) is 5.26 Å². The Kier molecular flexibility index (Phi) is 11.9. The number of nitrogens with zero attached hydrogens (tertiary/aromatic N) is 3. The van der Waals surface area contributed by atoms with E-state index in [0.29, 0.717) is 57.3 Å². The van der Waals surface area contributed by atoms with Crippen LogP contribution in [0.4, 0.5) is 5.82 Å². The Balaban J connectivity index is 1.44. The lowest BCUT2D eigenvalue weighted by Crippen LogP contribution is -2.29. The van der Waals surface area contributed by atoms with Gasteiger partial charge in [0.2, 0.25) is 6.79 Å². The van der Waals surface area contributed by atoms with Crippen molar-refractivity contribution in [3.8, 4) is 17.6 Å². The van der Waals surface area contributed by atoms with E-state index in [4.69, 9.17) is 26.8 Å². The third-order valence-corrected chi connectivity index (χ3v) is 9.14. The molecule has 0 aliphatic carbocycles. The highest BCUT2D eigenvalue weighted by Gasteiger charge is 2.32. The minimum atomic E-state index is -0.739. The largest absolute Gasteiger partial charge is 0.481 e. The summed E-state index contributed by atoms with van der Waals surface area (Å²) in [5.74, 6) is 0.954. The number of thiocarbonyl (C=S) groups is 1. The maximum atomic E-state index is 13.4. The number of ether oxygens (including phenoxy) is 2. The van der Waals surface area contributed by atoms with Crippen molar-refractivity contribution >= 4 is 52.1 Å². The molecule has 1 fully saturated rings. The molecule has 10 nitrogen and oxygen atoms in total. The van der Waals surface area contributed by atoms with E-state index >= 15 is 0 Å². The molecule has 1 amide bonds. The number of nitrogens with one attached hydrogen (secondary N) is 1. The molecule has 2 N–H and O–H groups in total. The number of carbonyl (C=O) groups excluding carboxylic acids is 1. The van der Waals surface area contributed by atoms with Crippen molar-refractivity contribution in [3.05, 3.63) is 55.7 Å². The molecule has 12 heteroatoms. The third kappa shape index (κ3) is 8.01. The second-order valence-electron chi connectivity index (χ2n) is 10.8. The molecule has 4 rings (SSSR count). The van der Waals surface area contributed by atoms with Gasteiger partial charge in [0.05, 0.1) is 4.91 Å². The maximum absolute atomic E-state index is 13.4. The van der Waals surface area contributed by atoms with Gasteiger partial charge in [0, 0.05) is 31.6 Å². The van der Waals surface area contributed by atoms with E-state index in [1.165, 1.54) is 16.3 Å². The molecule has 1 aromatic carbocycles. The zero-order valence-corrected chi connectivity index (χ0v) is 26.8. The number of hydrogen-bond donors (Lipinski definition) is 2. The van der Waals surface area contributed by atoms with Gasteiger partial charge in [0.25, 0.3) is 11.5 Å². The van der Waals surface area contributed by atoms with E-state index in [9.17, 15) is 19.6 Å². The normalized spacial score (nSPS) is 14.8. The fourth-order valence-corrected chi connectivity index (χ4v) is 6.61. The standard InChI is InChI=1S/C32H38N4O6S2/c1-3-35-29(34-19-22-13-14-25-26(16-22)42-20-41-25)23(21(2)24(18-33)30(35)39)17-27-31(40)36(32(43)44-27)15-11-9-7-5-4-6-8-10-12-28(37)38/h13-14,16-17,34H,3-12,15,19-20H2,1-2H3,(H,37,38)/b27-17+. The number of carbonyl (C=O) groups is 2. The minimum absolute atomic E-state index is 0.0455. The number of aliphatic carboxylic acids is 1. The molecule has 1 saturated heterocycles. The number of carboxylic acids is 1. The number of pyridine rings is 1. The lowest BCUT2D eigenvalue weighted by atomic mass is 10.0. The SMILES string of the molecule is CCn1c(NCc2ccc3c(c2)OCO3)c(/C=C2/SC(=S)N(CCCCCCCCCCC(=O)O)C2=O)c(C)c(C#N)c1=O. The number of aromatic nitrogens is 1. The van der Waals surface area contributed by atoms with Crippen LogP contribution in [0.1, 0.15) is 87.0 Å². The van der Waals surface area contributed by atoms with Crippen molar-refractivity contribution in [2.45, 2.75) is 84.7 Å². The summed E-state index contributed by atoms with van der Waals surface area (Å²) < 4.78 is 12.9. The van der Waals surface area contributed by atoms with Gasteiger partial charge < -0.3 is 19.9 Å². The number of rotatable bonds is 16. The first-order valence-corrected chi connectivity index (χ1v) is 16.2. The van der Waals surface area contributed by atoms with E-state index in [0.717, 1.165) is 56.9 Å². The van der Waals surface area contributed by atoms with Gasteiger partial charge >= 0.3 is 5.97 Å². The van der Waals surface area contributed by atoms with Crippen molar-refractivity contribution in [2.24, 2.45) is 0 Å². The van der Waals surface area contributed by atoms with Crippen LogP contribution in [0.3, 0.4) is 0 Å². The predicted octanol–water partition coefficient (Wildman–Crippen LogP) is 6.19. The Morgan fingerprint density at radius 3 is 2.48 bits per heavy atom. The molecule has 3 heterocycles. The lowest BCUT2D eigenvalue weighted by Gasteiger charge is -2.19. The zero-order valence-electron chi connectivity index (χ0n) is 25.1. The Labute approximate surface area is 267 Å². The molecule has 0 atom stereocenters. The number of thioether (sulfide) groups is 1. The average Bonchev–Trinajstić information content (AvgIpc) is 3.57. The fourth-order valence-electron chi connectivity index (χ4n) is 5.32. The summed E-state index contributed by atoms with van der Waals surface area (Å²) in [6.45, 7) is 4.99. The maximum Gasteiger partial charge on any atom is 0.303 e. The number of unbranched alkanes of at least 4 members (excludes halogenated alkanes) is 7. The van der Waals surface area contributed by atoms with Crippen LogP contribution in [0.5, 0.6) is 11.5 Å². The third-order valence-electron chi connectivity index (χ3n) is 7.76. The van der Waals surface area contributed by atoms with Crippen LogP contribution in [-0.2, 0) is 22.7 Å². The van der Waals surface area contributed by atoms with Crippen LogP contribution in [0.2, 0.25) is 0 Å². The molecule has 234 valence electrons. The summed E-state index contributed by atoms with van der Waals surface area (Å²) in [6.07, 6.45) is 9.72. The van der Waals surface area contributed by atoms with E-state index < -0.39 is 5.97 Å². The Morgan fingerprint density at radius 2 is 1.80 bits per heavy atom. The summed E-state index contributed by atoms with van der Waals surface area (Å²) >= 11 is 6.80. The molecular formula is C32H38N4O6S2. The number of fused-ring (bicyclic) bond motifs is 1. The highest BCUT2D eigenvalue weighted by Crippen LogP contribution is 2.36. The summed E-state index contributed by atoms with van der Waals surface area (Å²) in [5.41, 5.74) is 1.69. The van der Waals surface area contributed by atoms with Crippen LogP contribution < -0.4 is 20.3 Å². The molecule has 0 unspecified atom stereocenters. The van der Waals surface area contributed by atoms with Crippen molar-refractivity contribution in [1.82, 2.24) is 9.47 Å². The molecule has 2 aliphatic rings. The van der Waals surface area contributed by atoms with Crippen LogP contribution >= 0.6 is 24.0 Å². The van der Waals surface area contributed by atoms with Crippen molar-refractivity contribution in [1.29, 1.82) is 5.26 Å². The first kappa shape index (κ1) is 33.1. The van der Waals surface area contributed by atoms with E-state index in [-0.39, 0.29) is 30.2 Å². The van der Waals surface area contributed by atoms with Gasteiger partial charge in [0.15, 0.2) is 11.5 Å². The second-order valence-corrected chi connectivity index (χ2v) is 12.4. The molecular weight excluding hydrogens is 601 g/mol. The molecule has 2 aliphatic heterocycles. The molecule has 44 heavy (non-hydrogen) atoms. The van der Waals surface area contributed by atoms with E-state index in [2.05, 4.69) is 11.4 Å². The van der Waals surface area contributed by atoms with Crippen LogP contribution in [-0.4, -0.2) is 44.1 Å². The fraction of sp³-hybridized carbons (Fsp3) is 0.469. The first-order valence-electron chi connectivity index (χ1n) is 15.0. The summed E-state index contributed by atoms with van der Waals surface area (Å²) in [5, 5.41) is 21.9. The molecule has 2 aromatic rings. The molecule has 0 bridgehead atoms. The van der Waals surface area contributed by atoms with Crippen LogP contribution in [0, 0.1) is 18.3 Å². The molecule has 0 spiro atoms. The smallest absolute Gasteiger partial charge is 0.303 e. The first-order chi connectivity index (χ1) is 21.2. The highest BCUT2D eigenvalue weighted by molar-refractivity contribution is 8.26. The Morgan fingerprint density at radius 1 is 1.11 bits per heavy atom. The van der Waals surface area contributed by atoms with E-state index in [1.807, 2.05) is 25.1 Å². The number of amides is 1. The molecule has 0 radical (unpaired) electrons. The summed E-state index contributed by atoms with van der Waals surface area (Å²) in [6, 6.07) is 7.69. The minimum Gasteiger partial charge on any atom is -0.481 e. The molecule has 1 aromatic heterocycles. The van der Waals surface area contributed by atoms with Crippen molar-refractivity contribution in [2.75, 3.05) is 18.7 Å². The van der Waals surface area contributed by atoms with Gasteiger partial charge in [-0.05, 0) is 56.0 Å². The quantitative estimate of drug-likeness (QED) is 0.125. The summed E-state index contributed by atoms with van der Waals surface area (Å²) in [4.78, 5) is 39.3. The number of benzene rings is 1. The topological polar surface area (TPSA) is 134 Å². The number of anilines is 1. The van der Waals surface area contributed by atoms with Crippen molar-refractivity contribution < 1.29 is 24.2 Å². The second kappa shape index (κ2) is 15.8. The zero-order chi connectivity index (χ0) is 31.6. The van der Waals surface area contributed by atoms with Gasteiger partial charge in [-0.25, -0.2) is 0 Å². The van der Waals surface area contributed by atoms with Crippen LogP contribution in [0.25, 0.3) is 6.08 Å². The predicted molar refractivity (Wildman–Crippen MR) is 175 cm³/mol. The van der Waals surface area contributed by atoms with E-state index in [1.54, 1.807) is 17.9 Å². The molecule has 0 saturated carbocycles. The van der Waals surface area contributed by atoms with Gasteiger partial charge in [0.1, 0.15) is 21.8 Å². The highest BCUT2D eigenvalue weighted by atomic mass is 32.2. The van der Waals surface area contributed by atoms with Crippen molar-refractivity contribution in [3.63, 3.8) is 0 Å². The van der Waals surface area contributed by atoms with Gasteiger partial charge in [-0.1, -0.05) is 68.6 Å². The Hall–Kier alpha value is -3.82. The van der Waals surface area contributed by atoms with Crippen LogP contribution in [0.15, 0.2) is 27.9 Å². The monoisotopic (exact) mass is 638 g/mol. The lowest BCUT2D eigenvalue weighted by molar-refractivity contribution is -0.137.